The molecule has 0 atom stereocenters. The van der Waals surface area contributed by atoms with Crippen molar-refractivity contribution in [3.05, 3.63) is 21.7 Å². The van der Waals surface area contributed by atoms with Crippen LogP contribution in [-0.2, 0) is 0 Å². The predicted molar refractivity (Wildman–Crippen MR) is 81.7 cm³/mol. The van der Waals surface area contributed by atoms with Crippen LogP contribution in [0.15, 0.2) is 9.82 Å². The third kappa shape index (κ3) is 3.85. The molecule has 1 aromatic heterocycles. The Morgan fingerprint density at radius 3 is 2.71 bits per heavy atom. The van der Waals surface area contributed by atoms with E-state index in [0.29, 0.717) is 29.1 Å². The lowest BCUT2D eigenvalue weighted by Gasteiger charge is -2.32. The van der Waals surface area contributed by atoms with Crippen LogP contribution in [0.2, 0.25) is 0 Å². The molecule has 0 aromatic carbocycles. The number of hydrogen-bond donors (Lipinski definition) is 3. The molecule has 6 nitrogen and oxygen atoms in total. The highest BCUT2D eigenvalue weighted by Crippen LogP contribution is 2.27. The second-order valence-corrected chi connectivity index (χ2v) is 6.31. The van der Waals surface area contributed by atoms with E-state index in [4.69, 9.17) is 0 Å². The first-order chi connectivity index (χ1) is 9.95. The molecule has 0 saturated heterocycles. The number of nitrogens with one attached hydrogen (secondary N) is 2. The van der Waals surface area contributed by atoms with Crippen molar-refractivity contribution >= 4 is 17.7 Å². The van der Waals surface area contributed by atoms with Crippen LogP contribution in [-0.4, -0.2) is 39.4 Å². The first-order valence-electron chi connectivity index (χ1n) is 7.11. The van der Waals surface area contributed by atoms with E-state index in [1.54, 1.807) is 13.2 Å². The molecule has 1 fully saturated rings. The maximum Gasteiger partial charge on any atom is 0.346 e. The highest BCUT2D eigenvalue weighted by molar-refractivity contribution is 7.98. The SMILES string of the molecule is CSc1nc(=O)[nH]c(C)c1C(=O)NCC1(O)CCCCC1. The molecule has 1 aliphatic carbocycles. The van der Waals surface area contributed by atoms with E-state index in [0.717, 1.165) is 19.3 Å². The molecule has 1 aliphatic rings. The van der Waals surface area contributed by atoms with Crippen molar-refractivity contribution in [3.63, 3.8) is 0 Å². The van der Waals surface area contributed by atoms with Gasteiger partial charge in [0.2, 0.25) is 0 Å². The maximum atomic E-state index is 12.3. The summed E-state index contributed by atoms with van der Waals surface area (Å²) in [6.07, 6.45) is 6.31. The van der Waals surface area contributed by atoms with Crippen molar-refractivity contribution in [2.45, 2.75) is 49.7 Å². The lowest BCUT2D eigenvalue weighted by molar-refractivity contribution is 0.00520. The number of thioether (sulfide) groups is 1. The molecule has 3 N–H and O–H groups in total. The number of carbonyl (C=O) groups excluding carboxylic acids is 1. The largest absolute Gasteiger partial charge is 0.388 e. The fourth-order valence-electron chi connectivity index (χ4n) is 2.69. The number of amides is 1. The molecule has 0 radical (unpaired) electrons. The van der Waals surface area contributed by atoms with Crippen LogP contribution in [0.5, 0.6) is 0 Å². The van der Waals surface area contributed by atoms with Gasteiger partial charge in [-0.15, -0.1) is 11.8 Å². The zero-order valence-electron chi connectivity index (χ0n) is 12.4. The Kier molecular flexibility index (Phi) is 5.05. The Morgan fingerprint density at radius 2 is 2.10 bits per heavy atom. The summed E-state index contributed by atoms with van der Waals surface area (Å²) in [4.78, 5) is 30.0. The number of nitrogens with zero attached hydrogens (tertiary/aromatic N) is 1. The summed E-state index contributed by atoms with van der Waals surface area (Å²) >= 11 is 1.26. The van der Waals surface area contributed by atoms with E-state index >= 15 is 0 Å². The summed E-state index contributed by atoms with van der Waals surface area (Å²) in [5.41, 5.74) is -0.398. The average molecular weight is 311 g/mol. The lowest BCUT2D eigenvalue weighted by Crippen LogP contribution is -2.44. The maximum absolute atomic E-state index is 12.3. The second kappa shape index (κ2) is 6.62. The van der Waals surface area contributed by atoms with Crippen molar-refractivity contribution in [1.29, 1.82) is 0 Å². The summed E-state index contributed by atoms with van der Waals surface area (Å²) in [5, 5.41) is 13.6. The summed E-state index contributed by atoms with van der Waals surface area (Å²) in [6, 6.07) is 0. The number of aliphatic hydroxyl groups is 1. The smallest absolute Gasteiger partial charge is 0.346 e. The molecule has 1 aromatic rings. The summed E-state index contributed by atoms with van der Waals surface area (Å²) < 4.78 is 0. The Balaban J connectivity index is 2.12. The summed E-state index contributed by atoms with van der Waals surface area (Å²) in [6.45, 7) is 1.91. The van der Waals surface area contributed by atoms with Crippen LogP contribution in [0.3, 0.4) is 0 Å². The minimum Gasteiger partial charge on any atom is -0.388 e. The lowest BCUT2D eigenvalue weighted by atomic mass is 9.85. The Hall–Kier alpha value is -1.34. The van der Waals surface area contributed by atoms with Gasteiger partial charge >= 0.3 is 5.69 Å². The third-order valence-corrected chi connectivity index (χ3v) is 4.55. The Morgan fingerprint density at radius 1 is 1.43 bits per heavy atom. The Bertz CT molecular complexity index is 579. The van der Waals surface area contributed by atoms with Crippen molar-refractivity contribution in [2.75, 3.05) is 12.8 Å². The molecule has 0 bridgehead atoms. The minimum absolute atomic E-state index is 0.234. The molecule has 1 heterocycles. The van der Waals surface area contributed by atoms with Crippen LogP contribution in [0.4, 0.5) is 0 Å². The van der Waals surface area contributed by atoms with E-state index in [1.165, 1.54) is 11.8 Å². The normalized spacial score (nSPS) is 17.5. The fraction of sp³-hybridized carbons (Fsp3) is 0.643. The number of H-pyrrole nitrogens is 1. The topological polar surface area (TPSA) is 95.1 Å². The standard InChI is InChI=1S/C14H21N3O3S/c1-9-10(12(21-2)17-13(19)16-9)11(18)15-8-14(20)6-4-3-5-7-14/h20H,3-8H2,1-2H3,(H,15,18)(H,16,17,19). The number of rotatable bonds is 4. The van der Waals surface area contributed by atoms with Gasteiger partial charge in [0.25, 0.3) is 5.91 Å². The molecule has 116 valence electrons. The van der Waals surface area contributed by atoms with Crippen LogP contribution in [0, 0.1) is 6.92 Å². The highest BCUT2D eigenvalue weighted by atomic mass is 32.2. The zero-order chi connectivity index (χ0) is 15.5. The first-order valence-corrected chi connectivity index (χ1v) is 8.33. The van der Waals surface area contributed by atoms with Crippen LogP contribution in [0.25, 0.3) is 0 Å². The van der Waals surface area contributed by atoms with E-state index in [-0.39, 0.29) is 12.5 Å². The number of aryl methyl sites for hydroxylation is 1. The minimum atomic E-state index is -0.809. The fourth-order valence-corrected chi connectivity index (χ4v) is 3.32. The molecule has 1 saturated carbocycles. The van der Waals surface area contributed by atoms with E-state index in [2.05, 4.69) is 15.3 Å². The van der Waals surface area contributed by atoms with Crippen molar-refractivity contribution in [1.82, 2.24) is 15.3 Å². The zero-order valence-corrected chi connectivity index (χ0v) is 13.2. The van der Waals surface area contributed by atoms with Gasteiger partial charge < -0.3 is 15.4 Å². The van der Waals surface area contributed by atoms with E-state index in [9.17, 15) is 14.7 Å². The average Bonchev–Trinajstić information content (AvgIpc) is 2.45. The van der Waals surface area contributed by atoms with Crippen LogP contribution < -0.4 is 11.0 Å². The second-order valence-electron chi connectivity index (χ2n) is 5.52. The third-order valence-electron chi connectivity index (χ3n) is 3.87. The van der Waals surface area contributed by atoms with Gasteiger partial charge in [-0.2, -0.15) is 4.98 Å². The van der Waals surface area contributed by atoms with Gasteiger partial charge in [0, 0.05) is 12.2 Å². The molecule has 0 unspecified atom stereocenters. The van der Waals surface area contributed by atoms with Gasteiger partial charge in [0.05, 0.1) is 11.2 Å². The van der Waals surface area contributed by atoms with Gasteiger partial charge in [-0.1, -0.05) is 19.3 Å². The van der Waals surface area contributed by atoms with Gasteiger partial charge in [-0.25, -0.2) is 4.79 Å². The molecule has 21 heavy (non-hydrogen) atoms. The van der Waals surface area contributed by atoms with Crippen molar-refractivity contribution in [2.24, 2.45) is 0 Å². The molecule has 7 heteroatoms. The number of hydrogen-bond acceptors (Lipinski definition) is 5. The summed E-state index contributed by atoms with van der Waals surface area (Å²) in [7, 11) is 0. The van der Waals surface area contributed by atoms with Gasteiger partial charge in [0.1, 0.15) is 5.03 Å². The molecular formula is C14H21N3O3S. The predicted octanol–water partition coefficient (Wildman–Crippen LogP) is 1.23. The van der Waals surface area contributed by atoms with Gasteiger partial charge in [-0.05, 0) is 26.0 Å². The van der Waals surface area contributed by atoms with Crippen molar-refractivity contribution in [3.8, 4) is 0 Å². The van der Waals surface area contributed by atoms with E-state index < -0.39 is 11.3 Å². The van der Waals surface area contributed by atoms with Crippen LogP contribution >= 0.6 is 11.8 Å². The van der Waals surface area contributed by atoms with Crippen molar-refractivity contribution < 1.29 is 9.90 Å². The monoisotopic (exact) mass is 311 g/mol. The van der Waals surface area contributed by atoms with Gasteiger partial charge in [-0.3, -0.25) is 4.79 Å². The summed E-state index contributed by atoms with van der Waals surface area (Å²) in [5.74, 6) is -0.306. The van der Waals surface area contributed by atoms with Gasteiger partial charge in [0.15, 0.2) is 0 Å². The molecule has 2 rings (SSSR count). The van der Waals surface area contributed by atoms with E-state index in [1.807, 2.05) is 0 Å². The van der Waals surface area contributed by atoms with Crippen LogP contribution in [0.1, 0.15) is 48.2 Å². The highest BCUT2D eigenvalue weighted by Gasteiger charge is 2.30. The molecule has 0 aliphatic heterocycles. The molecule has 0 spiro atoms. The molecular weight excluding hydrogens is 290 g/mol. The number of aromatic nitrogens is 2. The molecule has 1 amide bonds. The quantitative estimate of drug-likeness (QED) is 0.574. The number of aromatic amines is 1. The Labute approximate surface area is 127 Å². The first kappa shape index (κ1) is 16.0. The number of carbonyl (C=O) groups is 1.